The van der Waals surface area contributed by atoms with Gasteiger partial charge in [0.25, 0.3) is 0 Å². The SMILES string of the molecule is Cc1cc(C)cc(C(NC(=O)COCCOc2ccccc2)C(=O)O)c1. The molecule has 0 aliphatic heterocycles. The second kappa shape index (κ2) is 9.58. The van der Waals surface area contributed by atoms with Gasteiger partial charge in [-0.25, -0.2) is 4.79 Å². The molecule has 138 valence electrons. The number of carboxylic acids is 1. The predicted octanol–water partition coefficient (Wildman–Crippen LogP) is 2.64. The summed E-state index contributed by atoms with van der Waals surface area (Å²) in [5.74, 6) is -0.881. The lowest BCUT2D eigenvalue weighted by Crippen LogP contribution is -2.36. The number of rotatable bonds is 9. The van der Waals surface area contributed by atoms with Crippen molar-refractivity contribution in [3.8, 4) is 5.75 Å². The van der Waals surface area contributed by atoms with E-state index in [4.69, 9.17) is 9.47 Å². The van der Waals surface area contributed by atoms with Crippen LogP contribution in [0.4, 0.5) is 0 Å². The fourth-order valence-corrected chi connectivity index (χ4v) is 2.57. The van der Waals surface area contributed by atoms with E-state index in [1.54, 1.807) is 12.1 Å². The van der Waals surface area contributed by atoms with Crippen LogP contribution in [0.1, 0.15) is 22.7 Å². The zero-order chi connectivity index (χ0) is 18.9. The molecule has 6 nitrogen and oxygen atoms in total. The van der Waals surface area contributed by atoms with Gasteiger partial charge in [0.05, 0.1) is 6.61 Å². The number of para-hydroxylation sites is 1. The highest BCUT2D eigenvalue weighted by Crippen LogP contribution is 2.17. The van der Waals surface area contributed by atoms with Crippen LogP contribution in [-0.4, -0.2) is 36.8 Å². The first kappa shape index (κ1) is 19.5. The van der Waals surface area contributed by atoms with Gasteiger partial charge < -0.3 is 19.9 Å². The van der Waals surface area contributed by atoms with Crippen molar-refractivity contribution in [1.29, 1.82) is 0 Å². The number of nitrogens with one attached hydrogen (secondary N) is 1. The molecule has 2 N–H and O–H groups in total. The van der Waals surface area contributed by atoms with Crippen LogP contribution in [0.2, 0.25) is 0 Å². The number of amides is 1. The van der Waals surface area contributed by atoms with Crippen LogP contribution >= 0.6 is 0 Å². The maximum Gasteiger partial charge on any atom is 0.330 e. The number of benzene rings is 2. The van der Waals surface area contributed by atoms with Gasteiger partial charge in [0, 0.05) is 0 Å². The van der Waals surface area contributed by atoms with E-state index in [2.05, 4.69) is 5.32 Å². The number of hydrogen-bond acceptors (Lipinski definition) is 4. The van der Waals surface area contributed by atoms with Crippen LogP contribution < -0.4 is 10.1 Å². The Labute approximate surface area is 152 Å². The van der Waals surface area contributed by atoms with E-state index in [-0.39, 0.29) is 13.2 Å². The maximum absolute atomic E-state index is 12.0. The molecule has 1 atom stereocenters. The first-order valence-electron chi connectivity index (χ1n) is 8.31. The van der Waals surface area contributed by atoms with Crippen molar-refractivity contribution in [1.82, 2.24) is 5.32 Å². The van der Waals surface area contributed by atoms with Crippen LogP contribution in [0.3, 0.4) is 0 Å². The Balaban J connectivity index is 1.79. The lowest BCUT2D eigenvalue weighted by molar-refractivity contribution is -0.142. The zero-order valence-corrected chi connectivity index (χ0v) is 14.9. The first-order chi connectivity index (χ1) is 12.5. The molecule has 1 unspecified atom stereocenters. The molecule has 26 heavy (non-hydrogen) atoms. The van der Waals surface area contributed by atoms with Gasteiger partial charge in [-0.1, -0.05) is 47.5 Å². The molecule has 2 aromatic carbocycles. The Morgan fingerprint density at radius 2 is 1.69 bits per heavy atom. The van der Waals surface area contributed by atoms with Crippen LogP contribution in [0, 0.1) is 13.8 Å². The van der Waals surface area contributed by atoms with Gasteiger partial charge >= 0.3 is 5.97 Å². The Hall–Kier alpha value is -2.86. The molecule has 0 spiro atoms. The van der Waals surface area contributed by atoms with Crippen molar-refractivity contribution in [3.05, 3.63) is 65.2 Å². The van der Waals surface area contributed by atoms with E-state index in [1.807, 2.05) is 50.2 Å². The quantitative estimate of drug-likeness (QED) is 0.674. The van der Waals surface area contributed by atoms with Crippen molar-refractivity contribution in [2.75, 3.05) is 19.8 Å². The van der Waals surface area contributed by atoms with Gasteiger partial charge in [-0.2, -0.15) is 0 Å². The summed E-state index contributed by atoms with van der Waals surface area (Å²) < 4.78 is 10.7. The minimum absolute atomic E-state index is 0.226. The van der Waals surface area contributed by atoms with E-state index >= 15 is 0 Å². The summed E-state index contributed by atoms with van der Waals surface area (Å²) in [6.45, 7) is 4.06. The number of carboxylic acid groups (broad SMARTS) is 1. The monoisotopic (exact) mass is 357 g/mol. The van der Waals surface area contributed by atoms with Gasteiger partial charge in [0.15, 0.2) is 6.04 Å². The first-order valence-corrected chi connectivity index (χ1v) is 8.31. The minimum atomic E-state index is -1.12. The average Bonchev–Trinajstić information content (AvgIpc) is 2.59. The maximum atomic E-state index is 12.0. The number of hydrogen-bond donors (Lipinski definition) is 2. The number of ether oxygens (including phenoxy) is 2. The minimum Gasteiger partial charge on any atom is -0.491 e. The van der Waals surface area contributed by atoms with Crippen LogP contribution in [0.5, 0.6) is 5.75 Å². The fraction of sp³-hybridized carbons (Fsp3) is 0.300. The predicted molar refractivity (Wildman–Crippen MR) is 97.2 cm³/mol. The average molecular weight is 357 g/mol. The van der Waals surface area contributed by atoms with Gasteiger partial charge in [0.2, 0.25) is 5.91 Å². The second-order valence-electron chi connectivity index (χ2n) is 5.97. The number of carbonyl (C=O) groups is 2. The lowest BCUT2D eigenvalue weighted by atomic mass is 10.0. The number of aryl methyl sites for hydroxylation is 2. The molecule has 0 aromatic heterocycles. The Morgan fingerprint density at radius 3 is 2.31 bits per heavy atom. The summed E-state index contributed by atoms with van der Waals surface area (Å²) in [7, 11) is 0. The second-order valence-corrected chi connectivity index (χ2v) is 5.97. The molecule has 6 heteroatoms. The van der Waals surface area contributed by atoms with E-state index in [0.717, 1.165) is 16.9 Å². The van der Waals surface area contributed by atoms with Crippen molar-refractivity contribution in [2.45, 2.75) is 19.9 Å². The smallest absolute Gasteiger partial charge is 0.330 e. The van der Waals surface area contributed by atoms with Crippen molar-refractivity contribution in [3.63, 3.8) is 0 Å². The highest BCUT2D eigenvalue weighted by atomic mass is 16.5. The molecule has 1 amide bonds. The van der Waals surface area contributed by atoms with Crippen LogP contribution in [0.15, 0.2) is 48.5 Å². The van der Waals surface area contributed by atoms with Gasteiger partial charge in [-0.15, -0.1) is 0 Å². The largest absolute Gasteiger partial charge is 0.491 e. The molecule has 0 saturated heterocycles. The van der Waals surface area contributed by atoms with E-state index in [1.165, 1.54) is 0 Å². The van der Waals surface area contributed by atoms with E-state index in [0.29, 0.717) is 12.2 Å². The molecule has 0 fully saturated rings. The molecule has 0 heterocycles. The van der Waals surface area contributed by atoms with Gasteiger partial charge in [-0.05, 0) is 31.5 Å². The normalized spacial score (nSPS) is 11.6. The molecule has 0 aliphatic carbocycles. The highest BCUT2D eigenvalue weighted by Gasteiger charge is 2.22. The summed E-state index contributed by atoms with van der Waals surface area (Å²) in [5.41, 5.74) is 2.42. The summed E-state index contributed by atoms with van der Waals surface area (Å²) in [5, 5.41) is 11.9. The topological polar surface area (TPSA) is 84.9 Å². The summed E-state index contributed by atoms with van der Waals surface area (Å²) in [4.78, 5) is 23.5. The molecule has 0 bridgehead atoms. The number of carbonyl (C=O) groups excluding carboxylic acids is 1. The van der Waals surface area contributed by atoms with E-state index < -0.39 is 17.9 Å². The summed E-state index contributed by atoms with van der Waals surface area (Å²) in [6.07, 6.45) is 0. The third kappa shape index (κ3) is 6.22. The third-order valence-corrected chi connectivity index (χ3v) is 3.60. The standard InChI is InChI=1S/C20H23NO5/c1-14-10-15(2)12-16(11-14)19(20(23)24)21-18(22)13-25-8-9-26-17-6-4-3-5-7-17/h3-7,10-12,19H,8-9,13H2,1-2H3,(H,21,22)(H,23,24). The fourth-order valence-electron chi connectivity index (χ4n) is 2.57. The molecule has 0 saturated carbocycles. The molecule has 2 rings (SSSR count). The summed E-state index contributed by atoms with van der Waals surface area (Å²) >= 11 is 0. The molecule has 0 aliphatic rings. The van der Waals surface area contributed by atoms with Gasteiger partial charge in [0.1, 0.15) is 19.0 Å². The Morgan fingerprint density at radius 1 is 1.04 bits per heavy atom. The van der Waals surface area contributed by atoms with Crippen molar-refractivity contribution >= 4 is 11.9 Å². The number of aliphatic carboxylic acids is 1. The van der Waals surface area contributed by atoms with Crippen molar-refractivity contribution < 1.29 is 24.2 Å². The highest BCUT2D eigenvalue weighted by molar-refractivity contribution is 5.85. The van der Waals surface area contributed by atoms with Crippen LogP contribution in [-0.2, 0) is 14.3 Å². The Bertz CT molecular complexity index is 725. The molecular formula is C20H23NO5. The van der Waals surface area contributed by atoms with E-state index in [9.17, 15) is 14.7 Å². The Kier molecular flexibility index (Phi) is 7.17. The lowest BCUT2D eigenvalue weighted by Gasteiger charge is -2.16. The third-order valence-electron chi connectivity index (χ3n) is 3.60. The molecule has 2 aromatic rings. The molecule has 0 radical (unpaired) electrons. The van der Waals surface area contributed by atoms with Gasteiger partial charge in [-0.3, -0.25) is 4.79 Å². The molecular weight excluding hydrogens is 334 g/mol. The zero-order valence-electron chi connectivity index (χ0n) is 14.9. The summed E-state index contributed by atoms with van der Waals surface area (Å²) in [6, 6.07) is 13.6. The van der Waals surface area contributed by atoms with Crippen molar-refractivity contribution in [2.24, 2.45) is 0 Å². The van der Waals surface area contributed by atoms with Crippen LogP contribution in [0.25, 0.3) is 0 Å².